The van der Waals surface area contributed by atoms with Crippen molar-refractivity contribution >= 4 is 11.6 Å². The molecule has 0 radical (unpaired) electrons. The molecule has 1 aliphatic heterocycles. The Labute approximate surface area is 114 Å². The highest BCUT2D eigenvalue weighted by molar-refractivity contribution is 6.18. The number of hydrogen-bond acceptors (Lipinski definition) is 3. The quantitative estimate of drug-likeness (QED) is 0.785. The number of alkyl halides is 1. The summed E-state index contributed by atoms with van der Waals surface area (Å²) in [4.78, 5) is 2.40. The summed E-state index contributed by atoms with van der Waals surface area (Å²) in [7, 11) is 3.35. The summed E-state index contributed by atoms with van der Waals surface area (Å²) in [6.07, 6.45) is 1.04. The van der Waals surface area contributed by atoms with Gasteiger partial charge in [-0.05, 0) is 36.6 Å². The Morgan fingerprint density at radius 3 is 2.56 bits per heavy atom. The lowest BCUT2D eigenvalue weighted by molar-refractivity contribution is 0.210. The average molecular weight is 270 g/mol. The van der Waals surface area contributed by atoms with Gasteiger partial charge in [-0.3, -0.25) is 4.90 Å². The highest BCUT2D eigenvalue weighted by Crippen LogP contribution is 2.37. The number of ether oxygens (including phenoxy) is 2. The van der Waals surface area contributed by atoms with Crippen LogP contribution in [-0.2, 0) is 6.42 Å². The molecule has 1 aliphatic rings. The second kappa shape index (κ2) is 5.81. The molecule has 1 atom stereocenters. The van der Waals surface area contributed by atoms with E-state index in [0.29, 0.717) is 11.9 Å². The van der Waals surface area contributed by atoms with E-state index in [-0.39, 0.29) is 0 Å². The number of hydrogen-bond donors (Lipinski definition) is 0. The fraction of sp³-hybridized carbons (Fsp3) is 0.571. The van der Waals surface area contributed by atoms with Crippen molar-refractivity contribution in [2.75, 3.05) is 33.2 Å². The molecule has 0 bridgehead atoms. The standard InChI is InChI=1S/C14H20ClNO2/c1-10-12-9-14(18-3)13(17-2)8-11(12)4-6-16(10)7-5-15/h8-10H,4-7H2,1-3H3/t10-/m1/s1. The molecule has 1 heterocycles. The van der Waals surface area contributed by atoms with Gasteiger partial charge in [0, 0.05) is 25.0 Å². The first kappa shape index (κ1) is 13.5. The molecule has 0 spiro atoms. The van der Waals surface area contributed by atoms with Crippen LogP contribution in [-0.4, -0.2) is 38.1 Å². The van der Waals surface area contributed by atoms with Gasteiger partial charge in [-0.25, -0.2) is 0 Å². The number of fused-ring (bicyclic) bond motifs is 1. The van der Waals surface area contributed by atoms with Crippen LogP contribution in [0.25, 0.3) is 0 Å². The van der Waals surface area contributed by atoms with E-state index >= 15 is 0 Å². The topological polar surface area (TPSA) is 21.7 Å². The van der Waals surface area contributed by atoms with E-state index in [1.807, 2.05) is 0 Å². The van der Waals surface area contributed by atoms with Crippen LogP contribution in [0.5, 0.6) is 11.5 Å². The SMILES string of the molecule is COc1cc2c(cc1OC)[C@@H](C)N(CCCl)CC2. The zero-order valence-electron chi connectivity index (χ0n) is 11.2. The Kier molecular flexibility index (Phi) is 4.36. The van der Waals surface area contributed by atoms with Crippen molar-refractivity contribution in [3.63, 3.8) is 0 Å². The third-order valence-corrected chi connectivity index (χ3v) is 3.85. The molecule has 3 nitrogen and oxygen atoms in total. The number of rotatable bonds is 4. The molecular weight excluding hydrogens is 250 g/mol. The zero-order valence-corrected chi connectivity index (χ0v) is 12.0. The lowest BCUT2D eigenvalue weighted by Crippen LogP contribution is -2.35. The van der Waals surface area contributed by atoms with Gasteiger partial charge in [-0.2, -0.15) is 0 Å². The lowest BCUT2D eigenvalue weighted by atomic mass is 9.93. The van der Waals surface area contributed by atoms with Gasteiger partial charge in [0.05, 0.1) is 14.2 Å². The number of nitrogens with zero attached hydrogens (tertiary/aromatic N) is 1. The van der Waals surface area contributed by atoms with E-state index in [4.69, 9.17) is 21.1 Å². The predicted molar refractivity (Wildman–Crippen MR) is 74.0 cm³/mol. The van der Waals surface area contributed by atoms with Crippen LogP contribution >= 0.6 is 11.6 Å². The Morgan fingerprint density at radius 1 is 1.28 bits per heavy atom. The molecule has 0 fully saturated rings. The highest BCUT2D eigenvalue weighted by Gasteiger charge is 2.25. The minimum atomic E-state index is 0.382. The number of methoxy groups -OCH3 is 2. The lowest BCUT2D eigenvalue weighted by Gasteiger charge is -2.35. The molecule has 100 valence electrons. The van der Waals surface area contributed by atoms with Gasteiger partial charge in [0.1, 0.15) is 0 Å². The normalized spacial score (nSPS) is 19.4. The van der Waals surface area contributed by atoms with Crippen molar-refractivity contribution in [1.29, 1.82) is 0 Å². The maximum atomic E-state index is 5.85. The first-order valence-corrected chi connectivity index (χ1v) is 6.79. The molecule has 4 heteroatoms. The molecular formula is C14H20ClNO2. The van der Waals surface area contributed by atoms with Crippen LogP contribution in [0, 0.1) is 0 Å². The molecule has 1 aromatic rings. The van der Waals surface area contributed by atoms with Gasteiger partial charge >= 0.3 is 0 Å². The molecule has 0 unspecified atom stereocenters. The van der Waals surface area contributed by atoms with Crippen molar-refractivity contribution in [1.82, 2.24) is 4.90 Å². The molecule has 0 N–H and O–H groups in total. The van der Waals surface area contributed by atoms with Gasteiger partial charge in [-0.1, -0.05) is 0 Å². The van der Waals surface area contributed by atoms with E-state index in [2.05, 4.69) is 24.0 Å². The fourth-order valence-electron chi connectivity index (χ4n) is 2.61. The Balaban J connectivity index is 2.35. The van der Waals surface area contributed by atoms with E-state index in [1.54, 1.807) is 14.2 Å². The van der Waals surface area contributed by atoms with Gasteiger partial charge < -0.3 is 9.47 Å². The molecule has 0 saturated heterocycles. The van der Waals surface area contributed by atoms with Crippen LogP contribution < -0.4 is 9.47 Å². The van der Waals surface area contributed by atoms with Crippen LogP contribution in [0.2, 0.25) is 0 Å². The number of benzene rings is 1. The smallest absolute Gasteiger partial charge is 0.161 e. The maximum Gasteiger partial charge on any atom is 0.161 e. The van der Waals surface area contributed by atoms with Crippen LogP contribution in [0.1, 0.15) is 24.1 Å². The monoisotopic (exact) mass is 269 g/mol. The van der Waals surface area contributed by atoms with E-state index in [0.717, 1.165) is 31.0 Å². The van der Waals surface area contributed by atoms with Gasteiger partial charge in [0.2, 0.25) is 0 Å². The summed E-state index contributed by atoms with van der Waals surface area (Å²) >= 11 is 5.85. The van der Waals surface area contributed by atoms with Crippen LogP contribution in [0.15, 0.2) is 12.1 Å². The second-order valence-electron chi connectivity index (χ2n) is 4.56. The zero-order chi connectivity index (χ0) is 13.1. The predicted octanol–water partition coefficient (Wildman–Crippen LogP) is 2.86. The Bertz CT molecular complexity index is 423. The molecule has 0 saturated carbocycles. The minimum absolute atomic E-state index is 0.382. The largest absolute Gasteiger partial charge is 0.493 e. The third kappa shape index (κ3) is 2.43. The minimum Gasteiger partial charge on any atom is -0.493 e. The Morgan fingerprint density at radius 2 is 1.94 bits per heavy atom. The van der Waals surface area contributed by atoms with Crippen LogP contribution in [0.3, 0.4) is 0 Å². The average Bonchev–Trinajstić information content (AvgIpc) is 2.41. The number of halogens is 1. The summed E-state index contributed by atoms with van der Waals surface area (Å²) in [5, 5.41) is 0. The van der Waals surface area contributed by atoms with Crippen molar-refractivity contribution in [3.05, 3.63) is 23.3 Å². The van der Waals surface area contributed by atoms with Crippen molar-refractivity contribution in [3.8, 4) is 11.5 Å². The van der Waals surface area contributed by atoms with E-state index < -0.39 is 0 Å². The van der Waals surface area contributed by atoms with E-state index in [1.165, 1.54) is 11.1 Å². The van der Waals surface area contributed by atoms with E-state index in [9.17, 15) is 0 Å². The fourth-order valence-corrected chi connectivity index (χ4v) is 2.83. The second-order valence-corrected chi connectivity index (χ2v) is 4.93. The van der Waals surface area contributed by atoms with Gasteiger partial charge in [0.15, 0.2) is 11.5 Å². The van der Waals surface area contributed by atoms with Gasteiger partial charge in [0.25, 0.3) is 0 Å². The van der Waals surface area contributed by atoms with Gasteiger partial charge in [-0.15, -0.1) is 11.6 Å². The van der Waals surface area contributed by atoms with Crippen molar-refractivity contribution < 1.29 is 9.47 Å². The van der Waals surface area contributed by atoms with Crippen molar-refractivity contribution in [2.24, 2.45) is 0 Å². The van der Waals surface area contributed by atoms with Crippen molar-refractivity contribution in [2.45, 2.75) is 19.4 Å². The van der Waals surface area contributed by atoms with Crippen LogP contribution in [0.4, 0.5) is 0 Å². The summed E-state index contributed by atoms with van der Waals surface area (Å²) in [5.41, 5.74) is 2.68. The molecule has 0 aromatic heterocycles. The maximum absolute atomic E-state index is 5.85. The molecule has 0 amide bonds. The summed E-state index contributed by atoms with van der Waals surface area (Å²) in [6.45, 7) is 4.20. The Hall–Kier alpha value is -0.930. The first-order chi connectivity index (χ1) is 8.71. The summed E-state index contributed by atoms with van der Waals surface area (Å²) in [5.74, 6) is 2.29. The molecule has 0 aliphatic carbocycles. The summed E-state index contributed by atoms with van der Waals surface area (Å²) in [6, 6.07) is 4.58. The molecule has 1 aromatic carbocycles. The highest BCUT2D eigenvalue weighted by atomic mass is 35.5. The first-order valence-electron chi connectivity index (χ1n) is 6.26. The molecule has 18 heavy (non-hydrogen) atoms. The summed E-state index contributed by atoms with van der Waals surface area (Å²) < 4.78 is 10.7. The molecule has 2 rings (SSSR count). The third-order valence-electron chi connectivity index (χ3n) is 3.68.